The van der Waals surface area contributed by atoms with E-state index in [1.165, 1.54) is 11.1 Å². The Bertz CT molecular complexity index is 622. The van der Waals surface area contributed by atoms with Crippen molar-refractivity contribution in [3.63, 3.8) is 0 Å². The van der Waals surface area contributed by atoms with E-state index >= 15 is 0 Å². The summed E-state index contributed by atoms with van der Waals surface area (Å²) in [5.41, 5.74) is 4.25. The van der Waals surface area contributed by atoms with Crippen LogP contribution < -0.4 is 5.32 Å². The normalized spacial score (nSPS) is 14.7. The molecule has 0 bridgehead atoms. The van der Waals surface area contributed by atoms with Crippen LogP contribution >= 0.6 is 0 Å². The van der Waals surface area contributed by atoms with Crippen LogP contribution in [0.15, 0.2) is 48.5 Å². The highest BCUT2D eigenvalue weighted by Gasteiger charge is 2.14. The molecule has 0 unspecified atom stereocenters. The molecule has 3 heteroatoms. The first kappa shape index (κ1) is 12.9. The van der Waals surface area contributed by atoms with Gasteiger partial charge in [0.15, 0.2) is 0 Å². The molecule has 0 fully saturated rings. The summed E-state index contributed by atoms with van der Waals surface area (Å²) in [7, 11) is 2.12. The van der Waals surface area contributed by atoms with E-state index in [2.05, 4.69) is 29.4 Å². The van der Waals surface area contributed by atoms with Crippen molar-refractivity contribution in [1.29, 1.82) is 0 Å². The van der Waals surface area contributed by atoms with Gasteiger partial charge in [0.2, 0.25) is 0 Å². The number of hydrogen-bond donors (Lipinski definition) is 1. The summed E-state index contributed by atoms with van der Waals surface area (Å²) in [5, 5.41) is 2.97. The number of hydrogen-bond acceptors (Lipinski definition) is 2. The van der Waals surface area contributed by atoms with Gasteiger partial charge in [0, 0.05) is 24.3 Å². The number of amides is 1. The minimum absolute atomic E-state index is 0.0604. The average molecular weight is 266 g/mol. The molecule has 0 saturated carbocycles. The van der Waals surface area contributed by atoms with Gasteiger partial charge in [-0.25, -0.2) is 0 Å². The summed E-state index contributed by atoms with van der Waals surface area (Å²) in [6.45, 7) is 2.05. The van der Waals surface area contributed by atoms with Crippen LogP contribution in [0.2, 0.25) is 0 Å². The SMILES string of the molecule is CN1CCc2ccc(NC(=O)c3ccccc3)cc2C1. The van der Waals surface area contributed by atoms with E-state index in [9.17, 15) is 4.79 Å². The number of likely N-dealkylation sites (N-methyl/N-ethyl adjacent to an activating group) is 1. The summed E-state index contributed by atoms with van der Waals surface area (Å²) >= 11 is 0. The summed E-state index contributed by atoms with van der Waals surface area (Å²) in [6.07, 6.45) is 1.08. The molecule has 1 amide bonds. The standard InChI is InChI=1S/C17H18N2O/c1-19-10-9-13-7-8-16(11-15(13)12-19)18-17(20)14-5-3-2-4-6-14/h2-8,11H,9-10,12H2,1H3,(H,18,20). The van der Waals surface area contributed by atoms with Crippen molar-refractivity contribution in [2.75, 3.05) is 18.9 Å². The third-order valence-corrected chi connectivity index (χ3v) is 3.70. The maximum atomic E-state index is 12.1. The van der Waals surface area contributed by atoms with E-state index < -0.39 is 0 Å². The molecule has 1 aliphatic heterocycles. The second-order valence-corrected chi connectivity index (χ2v) is 5.29. The highest BCUT2D eigenvalue weighted by molar-refractivity contribution is 6.04. The van der Waals surface area contributed by atoms with Crippen molar-refractivity contribution in [3.05, 3.63) is 65.2 Å². The van der Waals surface area contributed by atoms with Crippen molar-refractivity contribution >= 4 is 11.6 Å². The largest absolute Gasteiger partial charge is 0.322 e. The Morgan fingerprint density at radius 1 is 1.10 bits per heavy atom. The highest BCUT2D eigenvalue weighted by atomic mass is 16.1. The number of carbonyl (C=O) groups excluding carboxylic acids is 1. The maximum absolute atomic E-state index is 12.1. The Balaban J connectivity index is 1.78. The molecule has 0 aromatic heterocycles. The Morgan fingerprint density at radius 3 is 2.70 bits per heavy atom. The fourth-order valence-electron chi connectivity index (χ4n) is 2.57. The van der Waals surface area contributed by atoms with Gasteiger partial charge in [-0.1, -0.05) is 24.3 Å². The number of carbonyl (C=O) groups is 1. The van der Waals surface area contributed by atoms with Crippen LogP contribution in [0, 0.1) is 0 Å². The Kier molecular flexibility index (Phi) is 3.52. The number of benzene rings is 2. The van der Waals surface area contributed by atoms with Gasteiger partial charge >= 0.3 is 0 Å². The van der Waals surface area contributed by atoms with Crippen LogP contribution in [0.4, 0.5) is 5.69 Å². The zero-order valence-electron chi connectivity index (χ0n) is 11.6. The second-order valence-electron chi connectivity index (χ2n) is 5.29. The molecular weight excluding hydrogens is 248 g/mol. The van der Waals surface area contributed by atoms with Crippen LogP contribution in [0.5, 0.6) is 0 Å². The molecule has 1 aliphatic rings. The number of nitrogens with zero attached hydrogens (tertiary/aromatic N) is 1. The molecule has 1 heterocycles. The minimum atomic E-state index is -0.0604. The summed E-state index contributed by atoms with van der Waals surface area (Å²) in [4.78, 5) is 14.4. The molecule has 20 heavy (non-hydrogen) atoms. The van der Waals surface area contributed by atoms with E-state index in [0.29, 0.717) is 5.56 Å². The fraction of sp³-hybridized carbons (Fsp3) is 0.235. The number of fused-ring (bicyclic) bond motifs is 1. The highest BCUT2D eigenvalue weighted by Crippen LogP contribution is 2.22. The van der Waals surface area contributed by atoms with Crippen LogP contribution in [-0.4, -0.2) is 24.4 Å². The predicted molar refractivity (Wildman–Crippen MR) is 80.9 cm³/mol. The van der Waals surface area contributed by atoms with E-state index in [1.807, 2.05) is 36.4 Å². The Morgan fingerprint density at radius 2 is 1.90 bits per heavy atom. The van der Waals surface area contributed by atoms with E-state index in [1.54, 1.807) is 0 Å². The van der Waals surface area contributed by atoms with Gasteiger partial charge in [-0.3, -0.25) is 4.79 Å². The fourth-order valence-corrected chi connectivity index (χ4v) is 2.57. The second kappa shape index (κ2) is 5.47. The summed E-state index contributed by atoms with van der Waals surface area (Å²) < 4.78 is 0. The quantitative estimate of drug-likeness (QED) is 0.906. The van der Waals surface area contributed by atoms with Crippen molar-refractivity contribution < 1.29 is 4.79 Å². The lowest BCUT2D eigenvalue weighted by Gasteiger charge is -2.25. The van der Waals surface area contributed by atoms with E-state index in [0.717, 1.165) is 25.2 Å². The molecular formula is C17H18N2O. The molecule has 102 valence electrons. The van der Waals surface area contributed by atoms with Crippen LogP contribution in [-0.2, 0) is 13.0 Å². The zero-order valence-corrected chi connectivity index (χ0v) is 11.6. The third-order valence-electron chi connectivity index (χ3n) is 3.70. The maximum Gasteiger partial charge on any atom is 0.255 e. The van der Waals surface area contributed by atoms with E-state index in [4.69, 9.17) is 0 Å². The van der Waals surface area contributed by atoms with Crippen molar-refractivity contribution in [3.8, 4) is 0 Å². The molecule has 0 aliphatic carbocycles. The molecule has 0 spiro atoms. The average Bonchev–Trinajstić information content (AvgIpc) is 2.47. The summed E-state index contributed by atoms with van der Waals surface area (Å²) in [5.74, 6) is -0.0604. The molecule has 2 aromatic rings. The predicted octanol–water partition coefficient (Wildman–Crippen LogP) is 2.93. The van der Waals surface area contributed by atoms with Gasteiger partial charge in [0.05, 0.1) is 0 Å². The molecule has 2 aromatic carbocycles. The van der Waals surface area contributed by atoms with Crippen LogP contribution in [0.3, 0.4) is 0 Å². The number of anilines is 1. The molecule has 0 atom stereocenters. The van der Waals surface area contributed by atoms with Crippen molar-refractivity contribution in [2.24, 2.45) is 0 Å². The topological polar surface area (TPSA) is 32.3 Å². The molecule has 3 nitrogen and oxygen atoms in total. The monoisotopic (exact) mass is 266 g/mol. The summed E-state index contributed by atoms with van der Waals surface area (Å²) in [6, 6.07) is 15.5. The van der Waals surface area contributed by atoms with Crippen molar-refractivity contribution in [2.45, 2.75) is 13.0 Å². The molecule has 0 radical (unpaired) electrons. The lowest BCUT2D eigenvalue weighted by molar-refractivity contribution is 0.102. The first-order valence-corrected chi connectivity index (χ1v) is 6.89. The van der Waals surface area contributed by atoms with Crippen molar-refractivity contribution in [1.82, 2.24) is 4.90 Å². The first-order chi connectivity index (χ1) is 9.72. The lowest BCUT2D eigenvalue weighted by Crippen LogP contribution is -2.26. The molecule has 1 N–H and O–H groups in total. The van der Waals surface area contributed by atoms with E-state index in [-0.39, 0.29) is 5.91 Å². The lowest BCUT2D eigenvalue weighted by atomic mass is 9.99. The van der Waals surface area contributed by atoms with Gasteiger partial charge in [0.1, 0.15) is 0 Å². The van der Waals surface area contributed by atoms with Gasteiger partial charge in [-0.05, 0) is 48.9 Å². The Hall–Kier alpha value is -2.13. The zero-order chi connectivity index (χ0) is 13.9. The number of nitrogens with one attached hydrogen (secondary N) is 1. The van der Waals surface area contributed by atoms with Gasteiger partial charge in [-0.15, -0.1) is 0 Å². The Labute approximate surface area is 119 Å². The van der Waals surface area contributed by atoms with Gasteiger partial charge < -0.3 is 10.2 Å². The molecule has 3 rings (SSSR count). The first-order valence-electron chi connectivity index (χ1n) is 6.89. The smallest absolute Gasteiger partial charge is 0.255 e. The van der Waals surface area contributed by atoms with Gasteiger partial charge in [-0.2, -0.15) is 0 Å². The van der Waals surface area contributed by atoms with Crippen LogP contribution in [0.1, 0.15) is 21.5 Å². The third kappa shape index (κ3) is 2.73. The van der Waals surface area contributed by atoms with Crippen LogP contribution in [0.25, 0.3) is 0 Å². The number of rotatable bonds is 2. The van der Waals surface area contributed by atoms with Gasteiger partial charge in [0.25, 0.3) is 5.91 Å². The minimum Gasteiger partial charge on any atom is -0.322 e. The molecule has 0 saturated heterocycles.